The molecule has 1 aromatic carbocycles. The van der Waals surface area contributed by atoms with Crippen LogP contribution >= 0.6 is 15.9 Å². The Morgan fingerprint density at radius 2 is 2.19 bits per heavy atom. The van der Waals surface area contributed by atoms with Crippen LogP contribution in [0.4, 0.5) is 4.39 Å². The summed E-state index contributed by atoms with van der Waals surface area (Å²) in [4.78, 5) is 11.5. The lowest BCUT2D eigenvalue weighted by atomic mass is 10.2. The first-order valence-electron chi connectivity index (χ1n) is 5.00. The van der Waals surface area contributed by atoms with Crippen molar-refractivity contribution in [2.24, 2.45) is 0 Å². The highest BCUT2D eigenvalue weighted by atomic mass is 79.9. The minimum Gasteiger partial charge on any atom is -0.396 e. The monoisotopic (exact) mass is 289 g/mol. The third-order valence-electron chi connectivity index (χ3n) is 2.07. The van der Waals surface area contributed by atoms with E-state index >= 15 is 0 Å². The van der Waals surface area contributed by atoms with Crippen LogP contribution in [0.3, 0.4) is 0 Å². The molecule has 0 unspecified atom stereocenters. The number of unbranched alkanes of at least 4 members (excludes halogenated alkanes) is 1. The van der Waals surface area contributed by atoms with E-state index in [0.29, 0.717) is 19.4 Å². The maximum atomic E-state index is 13.5. The normalized spacial score (nSPS) is 10.2. The fourth-order valence-electron chi connectivity index (χ4n) is 1.21. The molecule has 16 heavy (non-hydrogen) atoms. The molecule has 0 saturated carbocycles. The molecule has 0 aromatic heterocycles. The first kappa shape index (κ1) is 13.1. The van der Waals surface area contributed by atoms with Gasteiger partial charge in [0.05, 0.1) is 10.0 Å². The van der Waals surface area contributed by atoms with Gasteiger partial charge in [0.2, 0.25) is 0 Å². The average Bonchev–Trinajstić information content (AvgIpc) is 2.28. The van der Waals surface area contributed by atoms with E-state index in [1.165, 1.54) is 12.1 Å². The van der Waals surface area contributed by atoms with Crippen molar-refractivity contribution in [3.05, 3.63) is 34.1 Å². The quantitative estimate of drug-likeness (QED) is 0.816. The van der Waals surface area contributed by atoms with Crippen molar-refractivity contribution in [1.82, 2.24) is 5.32 Å². The maximum Gasteiger partial charge on any atom is 0.254 e. The molecule has 0 radical (unpaired) electrons. The van der Waals surface area contributed by atoms with Crippen molar-refractivity contribution in [2.45, 2.75) is 12.8 Å². The molecule has 1 amide bonds. The van der Waals surface area contributed by atoms with Gasteiger partial charge in [0, 0.05) is 13.2 Å². The molecular formula is C11H13BrFNO2. The number of halogens is 2. The lowest BCUT2D eigenvalue weighted by molar-refractivity contribution is 0.0948. The Morgan fingerprint density at radius 1 is 1.44 bits per heavy atom. The second-order valence-corrected chi connectivity index (χ2v) is 4.14. The topological polar surface area (TPSA) is 49.3 Å². The van der Waals surface area contributed by atoms with Crippen molar-refractivity contribution in [2.75, 3.05) is 13.2 Å². The highest BCUT2D eigenvalue weighted by Crippen LogP contribution is 2.18. The molecule has 0 fully saturated rings. The van der Waals surface area contributed by atoms with Crippen molar-refractivity contribution in [1.29, 1.82) is 0 Å². The van der Waals surface area contributed by atoms with Crippen molar-refractivity contribution in [3.8, 4) is 0 Å². The van der Waals surface area contributed by atoms with Crippen molar-refractivity contribution >= 4 is 21.8 Å². The van der Waals surface area contributed by atoms with E-state index in [0.717, 1.165) is 0 Å². The molecule has 0 atom stereocenters. The number of carbonyl (C=O) groups excluding carboxylic acids is 1. The number of hydrogen-bond donors (Lipinski definition) is 2. The molecule has 0 heterocycles. The van der Waals surface area contributed by atoms with Gasteiger partial charge >= 0.3 is 0 Å². The van der Waals surface area contributed by atoms with Gasteiger partial charge in [-0.2, -0.15) is 0 Å². The Bertz CT molecular complexity index is 371. The predicted octanol–water partition coefficient (Wildman–Crippen LogP) is 2.09. The van der Waals surface area contributed by atoms with E-state index in [1.807, 2.05) is 0 Å². The minimum atomic E-state index is -0.554. The standard InChI is InChI=1S/C11H13BrFNO2/c12-9-5-3-4-8(10(9)13)11(16)14-6-1-2-7-15/h3-5,15H,1-2,6-7H2,(H,14,16). The number of amides is 1. The molecule has 1 rings (SSSR count). The van der Waals surface area contributed by atoms with Gasteiger partial charge in [-0.3, -0.25) is 4.79 Å². The molecule has 0 aliphatic heterocycles. The maximum absolute atomic E-state index is 13.5. The summed E-state index contributed by atoms with van der Waals surface area (Å²) in [6.45, 7) is 0.534. The first-order valence-corrected chi connectivity index (χ1v) is 5.79. The zero-order chi connectivity index (χ0) is 12.0. The number of hydrogen-bond acceptors (Lipinski definition) is 2. The third-order valence-corrected chi connectivity index (χ3v) is 2.68. The second kappa shape index (κ2) is 6.60. The van der Waals surface area contributed by atoms with Crippen LogP contribution in [0.25, 0.3) is 0 Å². The van der Waals surface area contributed by atoms with Crippen LogP contribution in [-0.2, 0) is 0 Å². The lowest BCUT2D eigenvalue weighted by Crippen LogP contribution is -2.25. The number of nitrogens with one attached hydrogen (secondary N) is 1. The largest absolute Gasteiger partial charge is 0.396 e. The van der Waals surface area contributed by atoms with E-state index in [2.05, 4.69) is 21.2 Å². The summed E-state index contributed by atoms with van der Waals surface area (Å²) < 4.78 is 13.8. The van der Waals surface area contributed by atoms with Crippen molar-refractivity contribution < 1.29 is 14.3 Å². The summed E-state index contributed by atoms with van der Waals surface area (Å²) in [5.74, 6) is -0.987. The molecular weight excluding hydrogens is 277 g/mol. The van der Waals surface area contributed by atoms with Crippen LogP contribution in [-0.4, -0.2) is 24.2 Å². The third kappa shape index (κ3) is 3.57. The van der Waals surface area contributed by atoms with E-state index in [4.69, 9.17) is 5.11 Å². The average molecular weight is 290 g/mol. The van der Waals surface area contributed by atoms with Gasteiger partial charge in [0.25, 0.3) is 5.91 Å². The first-order chi connectivity index (χ1) is 7.66. The summed E-state index contributed by atoms with van der Waals surface area (Å²) in [6, 6.07) is 4.58. The van der Waals surface area contributed by atoms with Crippen LogP contribution in [0.2, 0.25) is 0 Å². The Balaban J connectivity index is 2.56. The molecule has 0 bridgehead atoms. The van der Waals surface area contributed by atoms with Gasteiger partial charge < -0.3 is 10.4 Å². The van der Waals surface area contributed by atoms with E-state index < -0.39 is 11.7 Å². The number of rotatable bonds is 5. The van der Waals surface area contributed by atoms with Gasteiger partial charge in [0.15, 0.2) is 0 Å². The highest BCUT2D eigenvalue weighted by Gasteiger charge is 2.12. The molecule has 1 aromatic rings. The molecule has 0 spiro atoms. The Morgan fingerprint density at radius 3 is 2.88 bits per heavy atom. The fourth-order valence-corrected chi connectivity index (χ4v) is 1.58. The predicted molar refractivity (Wildman–Crippen MR) is 62.8 cm³/mol. The van der Waals surface area contributed by atoms with E-state index in [9.17, 15) is 9.18 Å². The summed E-state index contributed by atoms with van der Waals surface area (Å²) in [5.41, 5.74) is 0.0263. The number of aliphatic hydroxyl groups is 1. The summed E-state index contributed by atoms with van der Waals surface area (Å²) >= 11 is 3.02. The number of carbonyl (C=O) groups is 1. The number of benzene rings is 1. The van der Waals surface area contributed by atoms with Crippen LogP contribution < -0.4 is 5.32 Å². The van der Waals surface area contributed by atoms with Crippen LogP contribution in [0.5, 0.6) is 0 Å². The molecule has 3 nitrogen and oxygen atoms in total. The second-order valence-electron chi connectivity index (χ2n) is 3.29. The Hall–Kier alpha value is -0.940. The molecule has 88 valence electrons. The molecule has 0 aliphatic rings. The number of aliphatic hydroxyl groups excluding tert-OH is 1. The lowest BCUT2D eigenvalue weighted by Gasteiger charge is -2.06. The van der Waals surface area contributed by atoms with Gasteiger partial charge in [0.1, 0.15) is 5.82 Å². The Labute approximate surface area is 102 Å². The van der Waals surface area contributed by atoms with Gasteiger partial charge in [-0.1, -0.05) is 6.07 Å². The van der Waals surface area contributed by atoms with Gasteiger partial charge in [-0.25, -0.2) is 4.39 Å². The zero-order valence-corrected chi connectivity index (χ0v) is 10.3. The molecule has 0 saturated heterocycles. The Kier molecular flexibility index (Phi) is 5.42. The van der Waals surface area contributed by atoms with E-state index in [1.54, 1.807) is 6.07 Å². The highest BCUT2D eigenvalue weighted by molar-refractivity contribution is 9.10. The molecule has 0 aliphatic carbocycles. The summed E-state index contributed by atoms with van der Waals surface area (Å²) in [7, 11) is 0. The zero-order valence-electron chi connectivity index (χ0n) is 8.67. The molecule has 2 N–H and O–H groups in total. The SMILES string of the molecule is O=C(NCCCCO)c1cccc(Br)c1F. The van der Waals surface area contributed by atoms with Gasteiger partial charge in [-0.15, -0.1) is 0 Å². The van der Waals surface area contributed by atoms with Gasteiger partial charge in [-0.05, 0) is 40.9 Å². The van der Waals surface area contributed by atoms with E-state index in [-0.39, 0.29) is 16.6 Å². The van der Waals surface area contributed by atoms with Crippen LogP contribution in [0, 0.1) is 5.82 Å². The minimum absolute atomic E-state index is 0.0263. The molecule has 5 heteroatoms. The van der Waals surface area contributed by atoms with Crippen molar-refractivity contribution in [3.63, 3.8) is 0 Å². The summed E-state index contributed by atoms with van der Waals surface area (Å²) in [5, 5.41) is 11.1. The smallest absolute Gasteiger partial charge is 0.254 e. The van der Waals surface area contributed by atoms with Crippen LogP contribution in [0.15, 0.2) is 22.7 Å². The fraction of sp³-hybridized carbons (Fsp3) is 0.364. The van der Waals surface area contributed by atoms with Crippen LogP contribution in [0.1, 0.15) is 23.2 Å². The summed E-state index contributed by atoms with van der Waals surface area (Å²) in [6.07, 6.45) is 1.30.